The number of Topliss-reactive ketones (excluding diaryl/α,β-unsaturated/α-hetero) is 1. The monoisotopic (exact) mass is 466 g/mol. The molecule has 3 rings (SSSR count). The second-order valence-electron chi connectivity index (χ2n) is 7.16. The van der Waals surface area contributed by atoms with Gasteiger partial charge < -0.3 is 24.5 Å². The molecule has 11 nitrogen and oxygen atoms in total. The van der Waals surface area contributed by atoms with Gasteiger partial charge in [-0.25, -0.2) is 24.4 Å². The number of carbonyl (C=O) groups is 4. The summed E-state index contributed by atoms with van der Waals surface area (Å²) >= 11 is 0. The highest BCUT2D eigenvalue weighted by atomic mass is 16.5. The molecule has 11 heteroatoms. The smallest absolute Gasteiger partial charge is 0.361 e. The Morgan fingerprint density at radius 1 is 0.882 bits per heavy atom. The molecule has 0 saturated heterocycles. The predicted molar refractivity (Wildman–Crippen MR) is 119 cm³/mol. The fourth-order valence-corrected chi connectivity index (χ4v) is 3.44. The molecule has 3 aromatic rings. The van der Waals surface area contributed by atoms with Gasteiger partial charge in [0.2, 0.25) is 5.78 Å². The van der Waals surface area contributed by atoms with Gasteiger partial charge in [0.05, 0.1) is 25.3 Å². The van der Waals surface area contributed by atoms with Crippen LogP contribution in [0.2, 0.25) is 0 Å². The van der Waals surface area contributed by atoms with Crippen LogP contribution in [0.15, 0.2) is 36.7 Å². The number of aryl methyl sites for hydroxylation is 1. The maximum Gasteiger partial charge on any atom is 0.361 e. The average molecular weight is 466 g/mol. The minimum Gasteiger partial charge on any atom is -0.465 e. The number of hydrogen-bond acceptors (Lipinski definition) is 10. The summed E-state index contributed by atoms with van der Waals surface area (Å²) in [5.41, 5.74) is 7.59. The second kappa shape index (κ2) is 9.94. The summed E-state index contributed by atoms with van der Waals surface area (Å²) in [6, 6.07) is 6.04. The number of aromatic nitrogens is 3. The summed E-state index contributed by atoms with van der Waals surface area (Å²) in [4.78, 5) is 56.8. The third-order valence-electron chi connectivity index (χ3n) is 5.00. The lowest BCUT2D eigenvalue weighted by Crippen LogP contribution is -2.17. The van der Waals surface area contributed by atoms with Crippen molar-refractivity contribution in [2.24, 2.45) is 0 Å². The minimum atomic E-state index is -0.874. The van der Waals surface area contributed by atoms with E-state index < -0.39 is 30.3 Å². The van der Waals surface area contributed by atoms with Crippen LogP contribution in [-0.4, -0.2) is 59.1 Å². The highest BCUT2D eigenvalue weighted by Gasteiger charge is 2.22. The van der Waals surface area contributed by atoms with Crippen LogP contribution in [0.4, 0.5) is 5.82 Å². The summed E-state index contributed by atoms with van der Waals surface area (Å²) in [7, 11) is 2.46. The number of nitrogens with two attached hydrogens (primary N) is 1. The molecule has 0 aliphatic heterocycles. The van der Waals surface area contributed by atoms with Crippen LogP contribution in [0, 0.1) is 13.8 Å². The van der Waals surface area contributed by atoms with Crippen molar-refractivity contribution < 1.29 is 33.4 Å². The van der Waals surface area contributed by atoms with E-state index in [9.17, 15) is 19.2 Å². The molecule has 0 unspecified atom stereocenters. The molecule has 176 valence electrons. The van der Waals surface area contributed by atoms with Gasteiger partial charge in [-0.15, -0.1) is 0 Å². The quantitative estimate of drug-likeness (QED) is 0.311. The number of ketones is 1. The van der Waals surface area contributed by atoms with Crippen molar-refractivity contribution in [2.45, 2.75) is 13.8 Å². The number of nitrogen functional groups attached to an aromatic ring is 1. The van der Waals surface area contributed by atoms with Crippen molar-refractivity contribution in [1.29, 1.82) is 0 Å². The van der Waals surface area contributed by atoms with Gasteiger partial charge in [-0.3, -0.25) is 4.79 Å². The molecule has 0 aliphatic carbocycles. The molecule has 0 radical (unpaired) electrons. The van der Waals surface area contributed by atoms with Crippen molar-refractivity contribution in [1.82, 2.24) is 14.5 Å². The molecule has 0 atom stereocenters. The number of rotatable bonds is 7. The van der Waals surface area contributed by atoms with Crippen molar-refractivity contribution in [3.8, 4) is 5.69 Å². The van der Waals surface area contributed by atoms with Crippen LogP contribution in [0.1, 0.15) is 53.0 Å². The van der Waals surface area contributed by atoms with E-state index in [0.717, 1.165) is 0 Å². The van der Waals surface area contributed by atoms with E-state index in [1.165, 1.54) is 44.8 Å². The molecule has 0 amide bonds. The van der Waals surface area contributed by atoms with Gasteiger partial charge in [0, 0.05) is 35.0 Å². The highest BCUT2D eigenvalue weighted by Crippen LogP contribution is 2.24. The van der Waals surface area contributed by atoms with Crippen LogP contribution in [-0.2, 0) is 14.2 Å². The maximum atomic E-state index is 12.8. The Morgan fingerprint density at radius 2 is 1.47 bits per heavy atom. The number of ether oxygens (including phenoxy) is 3. The van der Waals surface area contributed by atoms with Crippen molar-refractivity contribution in [3.63, 3.8) is 0 Å². The van der Waals surface area contributed by atoms with Crippen LogP contribution < -0.4 is 5.73 Å². The van der Waals surface area contributed by atoms with Gasteiger partial charge in [-0.2, -0.15) is 0 Å². The Morgan fingerprint density at radius 3 is 2.03 bits per heavy atom. The molecule has 2 aromatic heterocycles. The lowest BCUT2D eigenvalue weighted by molar-refractivity contribution is 0.0469. The van der Waals surface area contributed by atoms with Crippen LogP contribution >= 0.6 is 0 Å². The maximum absolute atomic E-state index is 12.8. The number of hydrogen-bond donors (Lipinski definition) is 1. The van der Waals surface area contributed by atoms with E-state index in [1.807, 2.05) is 0 Å². The van der Waals surface area contributed by atoms with E-state index in [1.54, 1.807) is 24.5 Å². The topological polar surface area (TPSA) is 153 Å². The van der Waals surface area contributed by atoms with Crippen LogP contribution in [0.25, 0.3) is 5.69 Å². The van der Waals surface area contributed by atoms with Gasteiger partial charge in [-0.1, -0.05) is 0 Å². The number of nitrogens with zero attached hydrogens (tertiary/aromatic N) is 3. The molecular weight excluding hydrogens is 444 g/mol. The summed E-state index contributed by atoms with van der Waals surface area (Å²) < 4.78 is 16.3. The number of carbonyl (C=O) groups excluding carboxylic acids is 4. The zero-order valence-electron chi connectivity index (χ0n) is 18.9. The molecule has 34 heavy (non-hydrogen) atoms. The Hall–Kier alpha value is -4.54. The van der Waals surface area contributed by atoms with E-state index in [0.29, 0.717) is 22.6 Å². The lowest BCUT2D eigenvalue weighted by Gasteiger charge is -2.13. The summed E-state index contributed by atoms with van der Waals surface area (Å²) in [5, 5.41) is 0. The van der Waals surface area contributed by atoms with Crippen molar-refractivity contribution >= 4 is 29.5 Å². The standard InChI is InChI=1S/C23H22N4O7/c1-12-7-17(18(28)11-34-23(31)19-20(24)26-6-5-25-19)13(2)27(12)16-9-14(21(29)32-3)8-15(10-16)22(30)33-4/h5-10H,11H2,1-4H3,(H2,24,26). The fourth-order valence-electron chi connectivity index (χ4n) is 3.44. The molecule has 2 heterocycles. The van der Waals surface area contributed by atoms with Crippen LogP contribution in [0.5, 0.6) is 0 Å². The molecule has 0 saturated carbocycles. The van der Waals surface area contributed by atoms with E-state index in [-0.39, 0.29) is 22.6 Å². The molecular formula is C23H22N4O7. The van der Waals surface area contributed by atoms with Crippen molar-refractivity contribution in [2.75, 3.05) is 26.6 Å². The summed E-state index contributed by atoms with van der Waals surface area (Å²) in [5.74, 6) is -2.72. The average Bonchev–Trinajstić information content (AvgIpc) is 3.14. The Bertz CT molecular complexity index is 1260. The number of benzene rings is 1. The molecule has 0 bridgehead atoms. The SMILES string of the molecule is COC(=O)c1cc(C(=O)OC)cc(-n2c(C)cc(C(=O)COC(=O)c3nccnc3N)c2C)c1. The molecule has 0 spiro atoms. The Labute approximate surface area is 194 Å². The first kappa shape index (κ1) is 24.1. The fraction of sp³-hybridized carbons (Fsp3) is 0.217. The van der Waals surface area contributed by atoms with E-state index in [4.69, 9.17) is 19.9 Å². The zero-order chi connectivity index (χ0) is 25.0. The minimum absolute atomic E-state index is 0.106. The van der Waals surface area contributed by atoms with Gasteiger partial charge in [0.1, 0.15) is 0 Å². The molecule has 2 N–H and O–H groups in total. The van der Waals surface area contributed by atoms with Gasteiger partial charge in [-0.05, 0) is 38.1 Å². The normalized spacial score (nSPS) is 10.5. The summed E-state index contributed by atoms with van der Waals surface area (Å²) in [6.45, 7) is 2.89. The number of esters is 3. The van der Waals surface area contributed by atoms with Gasteiger partial charge in [0.15, 0.2) is 18.1 Å². The first-order valence-electron chi connectivity index (χ1n) is 9.95. The van der Waals surface area contributed by atoms with Crippen molar-refractivity contribution in [3.05, 3.63) is 70.4 Å². The first-order chi connectivity index (χ1) is 16.2. The molecule has 0 aliphatic rings. The molecule has 1 aromatic carbocycles. The first-order valence-corrected chi connectivity index (χ1v) is 9.95. The Balaban J connectivity index is 1.92. The van der Waals surface area contributed by atoms with E-state index >= 15 is 0 Å². The lowest BCUT2D eigenvalue weighted by atomic mass is 10.1. The Kier molecular flexibility index (Phi) is 7.05. The molecule has 0 fully saturated rings. The van der Waals surface area contributed by atoms with Gasteiger partial charge >= 0.3 is 17.9 Å². The zero-order valence-corrected chi connectivity index (χ0v) is 18.9. The van der Waals surface area contributed by atoms with Gasteiger partial charge in [0.25, 0.3) is 0 Å². The van der Waals surface area contributed by atoms with E-state index in [2.05, 4.69) is 9.97 Å². The second-order valence-corrected chi connectivity index (χ2v) is 7.16. The predicted octanol–water partition coefficient (Wildman–Crippen LogP) is 2.08. The van der Waals surface area contributed by atoms with Crippen LogP contribution in [0.3, 0.4) is 0 Å². The third-order valence-corrected chi connectivity index (χ3v) is 5.00. The number of anilines is 1. The summed E-state index contributed by atoms with van der Waals surface area (Å²) in [6.07, 6.45) is 2.61. The largest absolute Gasteiger partial charge is 0.465 e. The third kappa shape index (κ3) is 4.77. The highest BCUT2D eigenvalue weighted by molar-refractivity contribution is 6.01. The number of methoxy groups -OCH3 is 2.